The lowest BCUT2D eigenvalue weighted by atomic mass is 10.0. The second-order valence-electron chi connectivity index (χ2n) is 7.55. The topological polar surface area (TPSA) is 78.4 Å². The molecule has 1 aromatic heterocycles. The molecule has 2 aromatic rings. The van der Waals surface area contributed by atoms with Crippen molar-refractivity contribution in [1.82, 2.24) is 14.9 Å². The molecule has 1 aliphatic rings. The molecule has 164 valence electrons. The number of hydrogen-bond donors (Lipinski definition) is 1. The summed E-state index contributed by atoms with van der Waals surface area (Å²) in [6.45, 7) is 6.23. The molecule has 0 unspecified atom stereocenters. The average molecular weight is 443 g/mol. The molecule has 2 heterocycles. The summed E-state index contributed by atoms with van der Waals surface area (Å²) >= 11 is 0. The summed E-state index contributed by atoms with van der Waals surface area (Å²) in [5, 5.41) is 0. The first-order valence-corrected chi connectivity index (χ1v) is 11.0. The van der Waals surface area contributed by atoms with Crippen molar-refractivity contribution in [2.75, 3.05) is 42.8 Å². The number of aromatic nitrogens is 2. The van der Waals surface area contributed by atoms with Gasteiger partial charge < -0.3 is 9.80 Å². The van der Waals surface area contributed by atoms with Crippen LogP contribution >= 0.6 is 0 Å². The zero-order valence-electron chi connectivity index (χ0n) is 16.9. The van der Waals surface area contributed by atoms with Crippen LogP contribution in [-0.4, -0.2) is 56.5 Å². The lowest BCUT2D eigenvalue weighted by Gasteiger charge is -2.32. The summed E-state index contributed by atoms with van der Waals surface area (Å²) in [7, 11) is -2.31. The van der Waals surface area contributed by atoms with Crippen molar-refractivity contribution in [2.24, 2.45) is 0 Å². The Kier molecular flexibility index (Phi) is 6.23. The van der Waals surface area contributed by atoms with E-state index in [1.54, 1.807) is 17.0 Å². The van der Waals surface area contributed by atoms with E-state index in [0.29, 0.717) is 26.2 Å². The van der Waals surface area contributed by atoms with Gasteiger partial charge in [-0.15, -0.1) is 0 Å². The van der Waals surface area contributed by atoms with Crippen LogP contribution in [0.5, 0.6) is 0 Å². The quantitative estimate of drug-likeness (QED) is 0.765. The van der Waals surface area contributed by atoms with E-state index < -0.39 is 27.6 Å². The van der Waals surface area contributed by atoms with Gasteiger partial charge in [0.25, 0.3) is 10.0 Å². The predicted molar refractivity (Wildman–Crippen MR) is 108 cm³/mol. The van der Waals surface area contributed by atoms with Gasteiger partial charge in [-0.1, -0.05) is 26.0 Å². The second kappa shape index (κ2) is 8.38. The first kappa shape index (κ1) is 22.3. The molecule has 0 amide bonds. The fourth-order valence-electron chi connectivity index (χ4n) is 3.06. The molecule has 11 heteroatoms. The minimum atomic E-state index is -4.84. The van der Waals surface area contributed by atoms with Crippen LogP contribution in [-0.2, 0) is 16.2 Å². The minimum Gasteiger partial charge on any atom is -0.338 e. The lowest BCUT2D eigenvalue weighted by molar-refractivity contribution is -0.140. The number of piperazine rings is 1. The second-order valence-corrected chi connectivity index (χ2v) is 9.23. The van der Waals surface area contributed by atoms with E-state index in [1.165, 1.54) is 12.1 Å². The lowest BCUT2D eigenvalue weighted by Crippen LogP contribution is -2.45. The van der Waals surface area contributed by atoms with E-state index in [-0.39, 0.29) is 16.8 Å². The number of hydrogen-bond acceptors (Lipinski definition) is 6. The Morgan fingerprint density at radius 1 is 1.07 bits per heavy atom. The molecule has 0 atom stereocenters. The third-order valence-electron chi connectivity index (χ3n) is 4.93. The van der Waals surface area contributed by atoms with Crippen molar-refractivity contribution < 1.29 is 21.6 Å². The normalized spacial score (nSPS) is 16.2. The number of sulfonamides is 1. The van der Waals surface area contributed by atoms with Crippen molar-refractivity contribution in [3.05, 3.63) is 41.7 Å². The van der Waals surface area contributed by atoms with Gasteiger partial charge in [0.05, 0.1) is 16.8 Å². The molecule has 0 saturated carbocycles. The van der Waals surface area contributed by atoms with Crippen molar-refractivity contribution in [3.63, 3.8) is 0 Å². The monoisotopic (exact) mass is 443 g/mol. The summed E-state index contributed by atoms with van der Waals surface area (Å²) in [5.41, 5.74) is -1.09. The summed E-state index contributed by atoms with van der Waals surface area (Å²) in [6.07, 6.45) is -3.97. The molecular weight excluding hydrogens is 419 g/mol. The molecule has 0 radical (unpaired) electrons. The number of likely N-dealkylation sites (N-methyl/N-ethyl adjacent to an activating group) is 1. The summed E-state index contributed by atoms with van der Waals surface area (Å²) < 4.78 is 68.1. The van der Waals surface area contributed by atoms with Crippen molar-refractivity contribution in [1.29, 1.82) is 0 Å². The zero-order chi connectivity index (χ0) is 22.1. The van der Waals surface area contributed by atoms with Gasteiger partial charge in [-0.2, -0.15) is 13.2 Å². The molecule has 7 nitrogen and oxygen atoms in total. The maximum atomic E-state index is 13.6. The van der Waals surface area contributed by atoms with Crippen LogP contribution in [0.2, 0.25) is 0 Å². The van der Waals surface area contributed by atoms with Crippen LogP contribution < -0.4 is 9.62 Å². The van der Waals surface area contributed by atoms with Crippen LogP contribution in [0.1, 0.15) is 31.0 Å². The number of nitrogens with one attached hydrogen (secondary N) is 1. The highest BCUT2D eigenvalue weighted by Gasteiger charge is 2.38. The van der Waals surface area contributed by atoms with Crippen LogP contribution in [0.25, 0.3) is 0 Å². The third kappa shape index (κ3) is 5.01. The first-order valence-electron chi connectivity index (χ1n) is 9.48. The smallest absolute Gasteiger partial charge is 0.338 e. The number of nitrogens with zero attached hydrogens (tertiary/aromatic N) is 4. The maximum absolute atomic E-state index is 13.6. The first-order chi connectivity index (χ1) is 14.0. The third-order valence-corrected chi connectivity index (χ3v) is 6.31. The van der Waals surface area contributed by atoms with Crippen LogP contribution in [0.3, 0.4) is 0 Å². The molecule has 1 saturated heterocycles. The Morgan fingerprint density at radius 3 is 2.20 bits per heavy atom. The van der Waals surface area contributed by atoms with Gasteiger partial charge in [-0.25, -0.2) is 18.4 Å². The molecule has 3 rings (SSSR count). The molecule has 1 aromatic carbocycles. The predicted octanol–water partition coefficient (Wildman–Crippen LogP) is 3.17. The molecule has 1 N–H and O–H groups in total. The Bertz CT molecular complexity index is 986. The highest BCUT2D eigenvalue weighted by Crippen LogP contribution is 2.35. The zero-order valence-corrected chi connectivity index (χ0v) is 17.8. The summed E-state index contributed by atoms with van der Waals surface area (Å²) in [5.74, 6) is 0.127. The number of alkyl halides is 3. The summed E-state index contributed by atoms with van der Waals surface area (Å²) in [4.78, 5) is 11.2. The highest BCUT2D eigenvalue weighted by atomic mass is 32.2. The maximum Gasteiger partial charge on any atom is 0.435 e. The Hall–Kier alpha value is -2.40. The molecule has 0 bridgehead atoms. The molecular formula is C19H24F3N5O2S. The van der Waals surface area contributed by atoms with E-state index in [4.69, 9.17) is 0 Å². The SMILES string of the molecule is CC(C)c1ccc(S(=O)(=O)Nc2cnc(N3CCN(C)CC3)nc2C(F)(F)F)cc1. The van der Waals surface area contributed by atoms with Crippen LogP contribution in [0, 0.1) is 0 Å². The molecule has 1 aliphatic heterocycles. The molecule has 30 heavy (non-hydrogen) atoms. The van der Waals surface area contributed by atoms with Gasteiger partial charge in [0.15, 0.2) is 5.69 Å². The van der Waals surface area contributed by atoms with Gasteiger partial charge in [0.2, 0.25) is 5.95 Å². The van der Waals surface area contributed by atoms with E-state index in [2.05, 4.69) is 9.97 Å². The Balaban J connectivity index is 1.90. The van der Waals surface area contributed by atoms with E-state index in [0.717, 1.165) is 11.8 Å². The minimum absolute atomic E-state index is 0.0698. The largest absolute Gasteiger partial charge is 0.435 e. The molecule has 0 spiro atoms. The fraction of sp³-hybridized carbons (Fsp3) is 0.474. The number of benzene rings is 1. The highest BCUT2D eigenvalue weighted by molar-refractivity contribution is 7.92. The van der Waals surface area contributed by atoms with Crippen molar-refractivity contribution in [3.8, 4) is 0 Å². The van der Waals surface area contributed by atoms with Gasteiger partial charge in [-0.05, 0) is 30.7 Å². The summed E-state index contributed by atoms with van der Waals surface area (Å²) in [6, 6.07) is 6.00. The van der Waals surface area contributed by atoms with Crippen molar-refractivity contribution >= 4 is 21.7 Å². The van der Waals surface area contributed by atoms with E-state index >= 15 is 0 Å². The van der Waals surface area contributed by atoms with Crippen LogP contribution in [0.15, 0.2) is 35.4 Å². The Labute approximate surface area is 174 Å². The van der Waals surface area contributed by atoms with Gasteiger partial charge in [-0.3, -0.25) is 4.72 Å². The standard InChI is InChI=1S/C19H24F3N5O2S/c1-13(2)14-4-6-15(7-5-14)30(28,29)25-16-12-23-18(24-17(16)19(20,21)22)27-10-8-26(3)9-11-27/h4-7,12-13,25H,8-11H2,1-3H3. The van der Waals surface area contributed by atoms with Crippen molar-refractivity contribution in [2.45, 2.75) is 30.8 Å². The van der Waals surface area contributed by atoms with Crippen LogP contribution in [0.4, 0.5) is 24.8 Å². The van der Waals surface area contributed by atoms with E-state index in [9.17, 15) is 21.6 Å². The molecule has 0 aliphatic carbocycles. The number of anilines is 2. The van der Waals surface area contributed by atoms with E-state index in [1.807, 2.05) is 30.5 Å². The van der Waals surface area contributed by atoms with Gasteiger partial charge in [0.1, 0.15) is 0 Å². The fourth-order valence-corrected chi connectivity index (χ4v) is 4.11. The number of halogens is 3. The number of rotatable bonds is 5. The average Bonchev–Trinajstić information content (AvgIpc) is 2.68. The molecule has 1 fully saturated rings. The van der Waals surface area contributed by atoms with Gasteiger partial charge >= 0.3 is 6.18 Å². The Morgan fingerprint density at radius 2 is 1.67 bits per heavy atom. The van der Waals surface area contributed by atoms with Gasteiger partial charge in [0, 0.05) is 26.2 Å².